The van der Waals surface area contributed by atoms with Gasteiger partial charge in [-0.05, 0) is 37.7 Å². The molecule has 94 valence electrons. The SMILES string of the molecule is CNCC(C)CNC(=O)c1ccc(Br)cc1O. The number of aromatic hydroxyl groups is 1. The molecule has 0 radical (unpaired) electrons. The number of phenolic OH excluding ortho intramolecular Hbond substituents is 1. The lowest BCUT2D eigenvalue weighted by Crippen LogP contribution is -2.32. The molecule has 0 bridgehead atoms. The molecule has 0 aromatic heterocycles. The van der Waals surface area contributed by atoms with Crippen LogP contribution in [0.1, 0.15) is 17.3 Å². The summed E-state index contributed by atoms with van der Waals surface area (Å²) < 4.78 is 0.745. The van der Waals surface area contributed by atoms with Crippen molar-refractivity contribution in [2.45, 2.75) is 6.92 Å². The van der Waals surface area contributed by atoms with Crippen LogP contribution < -0.4 is 10.6 Å². The molecule has 0 saturated carbocycles. The molecular weight excluding hydrogens is 284 g/mol. The van der Waals surface area contributed by atoms with Crippen LogP contribution in [0, 0.1) is 5.92 Å². The minimum Gasteiger partial charge on any atom is -0.507 e. The molecule has 0 spiro atoms. The first-order chi connectivity index (χ1) is 8.04. The third-order valence-corrected chi connectivity index (χ3v) is 2.86. The molecule has 4 nitrogen and oxygen atoms in total. The average Bonchev–Trinajstić information content (AvgIpc) is 2.26. The van der Waals surface area contributed by atoms with Crippen LogP contribution in [0.5, 0.6) is 5.75 Å². The lowest BCUT2D eigenvalue weighted by atomic mass is 10.1. The molecule has 0 saturated heterocycles. The van der Waals surface area contributed by atoms with Gasteiger partial charge in [0.15, 0.2) is 0 Å². The standard InChI is InChI=1S/C12H17BrN2O2/c1-8(6-14-2)7-15-12(17)10-4-3-9(13)5-11(10)16/h3-5,8,14,16H,6-7H2,1-2H3,(H,15,17). The minimum absolute atomic E-state index is 0.0156. The van der Waals surface area contributed by atoms with Crippen LogP contribution in [0.15, 0.2) is 22.7 Å². The first-order valence-corrected chi connectivity index (χ1v) is 6.25. The smallest absolute Gasteiger partial charge is 0.255 e. The zero-order chi connectivity index (χ0) is 12.8. The van der Waals surface area contributed by atoms with Gasteiger partial charge in [-0.25, -0.2) is 0 Å². The molecule has 0 heterocycles. The maximum absolute atomic E-state index is 11.8. The predicted octanol–water partition coefficient (Wildman–Crippen LogP) is 1.74. The van der Waals surface area contributed by atoms with Gasteiger partial charge in [0.1, 0.15) is 5.75 Å². The van der Waals surface area contributed by atoms with Crippen molar-refractivity contribution in [2.75, 3.05) is 20.1 Å². The van der Waals surface area contributed by atoms with Crippen LogP contribution in [0.3, 0.4) is 0 Å². The van der Waals surface area contributed by atoms with Gasteiger partial charge in [0, 0.05) is 11.0 Å². The van der Waals surface area contributed by atoms with Crippen molar-refractivity contribution in [3.05, 3.63) is 28.2 Å². The van der Waals surface area contributed by atoms with Crippen molar-refractivity contribution in [1.82, 2.24) is 10.6 Å². The first-order valence-electron chi connectivity index (χ1n) is 5.46. The second kappa shape index (κ2) is 6.61. The number of hydrogen-bond donors (Lipinski definition) is 3. The largest absolute Gasteiger partial charge is 0.507 e. The Bertz CT molecular complexity index is 396. The van der Waals surface area contributed by atoms with E-state index in [0.29, 0.717) is 18.0 Å². The highest BCUT2D eigenvalue weighted by atomic mass is 79.9. The first kappa shape index (κ1) is 14.0. The van der Waals surface area contributed by atoms with Gasteiger partial charge in [0.2, 0.25) is 0 Å². The molecule has 1 aromatic rings. The van der Waals surface area contributed by atoms with E-state index in [9.17, 15) is 9.90 Å². The Labute approximate surface area is 110 Å². The van der Waals surface area contributed by atoms with E-state index in [1.807, 2.05) is 14.0 Å². The number of benzene rings is 1. The maximum atomic E-state index is 11.8. The van der Waals surface area contributed by atoms with Gasteiger partial charge in [0.25, 0.3) is 5.91 Å². The molecular formula is C12H17BrN2O2. The van der Waals surface area contributed by atoms with Crippen molar-refractivity contribution in [3.63, 3.8) is 0 Å². The number of hydrogen-bond acceptors (Lipinski definition) is 3. The summed E-state index contributed by atoms with van der Waals surface area (Å²) in [5.41, 5.74) is 0.296. The highest BCUT2D eigenvalue weighted by Gasteiger charge is 2.11. The number of carbonyl (C=O) groups is 1. The molecule has 0 aliphatic heterocycles. The molecule has 3 N–H and O–H groups in total. The third-order valence-electron chi connectivity index (χ3n) is 2.37. The van der Waals surface area contributed by atoms with Crippen LogP contribution in [-0.2, 0) is 0 Å². The molecule has 0 aliphatic rings. The number of phenols is 1. The number of rotatable bonds is 5. The summed E-state index contributed by atoms with van der Waals surface area (Å²) in [4.78, 5) is 11.8. The summed E-state index contributed by atoms with van der Waals surface area (Å²) in [6.07, 6.45) is 0. The molecule has 0 fully saturated rings. The van der Waals surface area contributed by atoms with Crippen molar-refractivity contribution in [3.8, 4) is 5.75 Å². The highest BCUT2D eigenvalue weighted by Crippen LogP contribution is 2.22. The maximum Gasteiger partial charge on any atom is 0.255 e. The fourth-order valence-corrected chi connectivity index (χ4v) is 1.83. The Balaban J connectivity index is 2.58. The molecule has 1 aromatic carbocycles. The predicted molar refractivity (Wildman–Crippen MR) is 71.2 cm³/mol. The van der Waals surface area contributed by atoms with E-state index < -0.39 is 0 Å². The van der Waals surface area contributed by atoms with Crippen molar-refractivity contribution in [1.29, 1.82) is 0 Å². The Kier molecular flexibility index (Phi) is 5.44. The second-order valence-corrected chi connectivity index (χ2v) is 4.95. The van der Waals surface area contributed by atoms with E-state index in [2.05, 4.69) is 26.6 Å². The van der Waals surface area contributed by atoms with Crippen LogP contribution in [-0.4, -0.2) is 31.2 Å². The Morgan fingerprint density at radius 3 is 2.76 bits per heavy atom. The van der Waals surface area contributed by atoms with E-state index >= 15 is 0 Å². The average molecular weight is 301 g/mol. The normalized spacial score (nSPS) is 12.2. The van der Waals surface area contributed by atoms with Gasteiger partial charge >= 0.3 is 0 Å². The fraction of sp³-hybridized carbons (Fsp3) is 0.417. The minimum atomic E-state index is -0.252. The van der Waals surface area contributed by atoms with Gasteiger partial charge in [-0.3, -0.25) is 4.79 Å². The summed E-state index contributed by atoms with van der Waals surface area (Å²) in [5.74, 6) is 0.0811. The molecule has 0 aliphatic carbocycles. The number of nitrogens with one attached hydrogen (secondary N) is 2. The highest BCUT2D eigenvalue weighted by molar-refractivity contribution is 9.10. The monoisotopic (exact) mass is 300 g/mol. The van der Waals surface area contributed by atoms with Gasteiger partial charge in [-0.1, -0.05) is 22.9 Å². The molecule has 17 heavy (non-hydrogen) atoms. The van der Waals surface area contributed by atoms with Crippen molar-refractivity contribution in [2.24, 2.45) is 5.92 Å². The zero-order valence-corrected chi connectivity index (χ0v) is 11.5. The quantitative estimate of drug-likeness (QED) is 0.776. The van der Waals surface area contributed by atoms with Crippen molar-refractivity contribution < 1.29 is 9.90 Å². The summed E-state index contributed by atoms with van der Waals surface area (Å²) >= 11 is 3.23. The van der Waals surface area contributed by atoms with E-state index in [0.717, 1.165) is 11.0 Å². The fourth-order valence-electron chi connectivity index (χ4n) is 1.48. The van der Waals surface area contributed by atoms with Gasteiger partial charge in [-0.15, -0.1) is 0 Å². The number of carbonyl (C=O) groups excluding carboxylic acids is 1. The lowest BCUT2D eigenvalue weighted by molar-refractivity contribution is 0.0945. The van der Waals surface area contributed by atoms with E-state index in [4.69, 9.17) is 0 Å². The number of amides is 1. The topological polar surface area (TPSA) is 61.4 Å². The summed E-state index contributed by atoms with van der Waals surface area (Å²) in [5, 5.41) is 15.5. The van der Waals surface area contributed by atoms with Gasteiger partial charge < -0.3 is 15.7 Å². The van der Waals surface area contributed by atoms with E-state index in [1.54, 1.807) is 12.1 Å². The molecule has 1 amide bonds. The van der Waals surface area contributed by atoms with Gasteiger partial charge in [-0.2, -0.15) is 0 Å². The van der Waals surface area contributed by atoms with E-state index in [-0.39, 0.29) is 11.7 Å². The van der Waals surface area contributed by atoms with Crippen molar-refractivity contribution >= 4 is 21.8 Å². The Morgan fingerprint density at radius 1 is 1.47 bits per heavy atom. The molecule has 5 heteroatoms. The Morgan fingerprint density at radius 2 is 2.18 bits per heavy atom. The third kappa shape index (κ3) is 4.36. The van der Waals surface area contributed by atoms with Crippen LogP contribution in [0.25, 0.3) is 0 Å². The summed E-state index contributed by atoms with van der Waals surface area (Å²) in [6.45, 7) is 3.46. The molecule has 1 unspecified atom stereocenters. The summed E-state index contributed by atoms with van der Waals surface area (Å²) in [7, 11) is 1.87. The zero-order valence-electron chi connectivity index (χ0n) is 9.96. The van der Waals surface area contributed by atoms with E-state index in [1.165, 1.54) is 6.07 Å². The number of halogens is 1. The second-order valence-electron chi connectivity index (χ2n) is 4.03. The van der Waals surface area contributed by atoms with Crippen LogP contribution in [0.2, 0.25) is 0 Å². The Hall–Kier alpha value is -1.07. The van der Waals surface area contributed by atoms with Gasteiger partial charge in [0.05, 0.1) is 5.56 Å². The lowest BCUT2D eigenvalue weighted by Gasteiger charge is -2.12. The van der Waals surface area contributed by atoms with Crippen LogP contribution >= 0.6 is 15.9 Å². The summed E-state index contributed by atoms with van der Waals surface area (Å²) in [6, 6.07) is 4.83. The molecule has 1 atom stereocenters. The van der Waals surface area contributed by atoms with Crippen LogP contribution in [0.4, 0.5) is 0 Å². The molecule has 1 rings (SSSR count).